The molecule has 0 aliphatic carbocycles. The zero-order valence-corrected chi connectivity index (χ0v) is 13.5. The van der Waals surface area contributed by atoms with Gasteiger partial charge in [-0.3, -0.25) is 4.90 Å². The highest BCUT2D eigenvalue weighted by Crippen LogP contribution is 2.18. The van der Waals surface area contributed by atoms with E-state index in [1.54, 1.807) is 0 Å². The summed E-state index contributed by atoms with van der Waals surface area (Å²) in [5, 5.41) is 3.71. The van der Waals surface area contributed by atoms with Gasteiger partial charge in [0.1, 0.15) is 0 Å². The Morgan fingerprint density at radius 3 is 2.55 bits per heavy atom. The van der Waals surface area contributed by atoms with Crippen LogP contribution in [0.1, 0.15) is 39.7 Å². The lowest BCUT2D eigenvalue weighted by Gasteiger charge is -2.43. The van der Waals surface area contributed by atoms with E-state index in [1.165, 1.54) is 18.5 Å². The fraction of sp³-hybridized carbons (Fsp3) is 0.667. The van der Waals surface area contributed by atoms with E-state index in [9.17, 15) is 0 Å². The molecule has 20 heavy (non-hydrogen) atoms. The molecule has 0 amide bonds. The molecule has 3 atom stereocenters. The molecule has 1 aliphatic heterocycles. The van der Waals surface area contributed by atoms with E-state index in [2.05, 4.69) is 68.2 Å². The molecule has 1 aliphatic rings. The van der Waals surface area contributed by atoms with Gasteiger partial charge in [-0.25, -0.2) is 0 Å². The third-order valence-corrected chi connectivity index (χ3v) is 4.40. The first kappa shape index (κ1) is 15.5. The first-order valence-electron chi connectivity index (χ1n) is 8.09. The van der Waals surface area contributed by atoms with Gasteiger partial charge in [-0.1, -0.05) is 44.2 Å². The Balaban J connectivity index is 1.94. The van der Waals surface area contributed by atoms with Crippen LogP contribution in [0.2, 0.25) is 0 Å². The lowest BCUT2D eigenvalue weighted by molar-refractivity contribution is 0.0923. The number of hydrogen-bond acceptors (Lipinski definition) is 2. The van der Waals surface area contributed by atoms with Crippen LogP contribution in [0.3, 0.4) is 0 Å². The number of nitrogens with one attached hydrogen (secondary N) is 1. The van der Waals surface area contributed by atoms with Crippen LogP contribution >= 0.6 is 0 Å². The minimum Gasteiger partial charge on any atom is -0.311 e. The normalized spacial score (nSPS) is 25.9. The Kier molecular flexibility index (Phi) is 5.62. The van der Waals surface area contributed by atoms with Gasteiger partial charge in [0.05, 0.1) is 0 Å². The SMILES string of the molecule is CC(C)CC1CN(C(C)Cc2ccccc2)C(C)CN1. The molecular weight excluding hydrogens is 244 g/mol. The van der Waals surface area contributed by atoms with Crippen LogP contribution in [0.15, 0.2) is 30.3 Å². The monoisotopic (exact) mass is 274 g/mol. The van der Waals surface area contributed by atoms with Crippen molar-refractivity contribution in [3.05, 3.63) is 35.9 Å². The van der Waals surface area contributed by atoms with Gasteiger partial charge in [0, 0.05) is 31.2 Å². The summed E-state index contributed by atoms with van der Waals surface area (Å²) in [6.07, 6.45) is 2.43. The molecule has 1 aromatic rings. The average Bonchev–Trinajstić information content (AvgIpc) is 2.41. The van der Waals surface area contributed by atoms with Gasteiger partial charge in [0.25, 0.3) is 0 Å². The summed E-state index contributed by atoms with van der Waals surface area (Å²) in [5.74, 6) is 0.771. The second kappa shape index (κ2) is 7.24. The van der Waals surface area contributed by atoms with E-state index in [-0.39, 0.29) is 0 Å². The summed E-state index contributed by atoms with van der Waals surface area (Å²) in [7, 11) is 0. The zero-order chi connectivity index (χ0) is 14.5. The summed E-state index contributed by atoms with van der Waals surface area (Å²) in [5.41, 5.74) is 1.45. The number of nitrogens with zero attached hydrogens (tertiary/aromatic N) is 1. The van der Waals surface area contributed by atoms with Gasteiger partial charge < -0.3 is 5.32 Å². The Labute approximate surface area is 124 Å². The third-order valence-electron chi connectivity index (χ3n) is 4.40. The molecule has 0 bridgehead atoms. The summed E-state index contributed by atoms with van der Waals surface area (Å²) >= 11 is 0. The van der Waals surface area contributed by atoms with Crippen molar-refractivity contribution in [3.8, 4) is 0 Å². The largest absolute Gasteiger partial charge is 0.311 e. The maximum absolute atomic E-state index is 3.71. The quantitative estimate of drug-likeness (QED) is 0.886. The molecular formula is C18H30N2. The van der Waals surface area contributed by atoms with Crippen molar-refractivity contribution >= 4 is 0 Å². The summed E-state index contributed by atoms with van der Waals surface area (Å²) in [4.78, 5) is 2.69. The highest BCUT2D eigenvalue weighted by molar-refractivity contribution is 5.16. The van der Waals surface area contributed by atoms with Crippen LogP contribution in [0.25, 0.3) is 0 Å². The topological polar surface area (TPSA) is 15.3 Å². The molecule has 112 valence electrons. The molecule has 1 heterocycles. The van der Waals surface area contributed by atoms with Gasteiger partial charge in [0.15, 0.2) is 0 Å². The molecule has 1 fully saturated rings. The van der Waals surface area contributed by atoms with Crippen molar-refractivity contribution in [2.45, 2.75) is 58.7 Å². The molecule has 0 saturated carbocycles. The Bertz CT molecular complexity index is 388. The molecule has 2 rings (SSSR count). The highest BCUT2D eigenvalue weighted by Gasteiger charge is 2.28. The van der Waals surface area contributed by atoms with E-state index in [1.807, 2.05) is 0 Å². The zero-order valence-electron chi connectivity index (χ0n) is 13.5. The Hall–Kier alpha value is -0.860. The highest BCUT2D eigenvalue weighted by atomic mass is 15.2. The minimum absolute atomic E-state index is 0.615. The predicted molar refractivity (Wildman–Crippen MR) is 87.0 cm³/mol. The fourth-order valence-corrected chi connectivity index (χ4v) is 3.37. The first-order chi connectivity index (χ1) is 9.56. The second-order valence-electron chi connectivity index (χ2n) is 6.82. The predicted octanol–water partition coefficient (Wildman–Crippen LogP) is 3.33. The molecule has 1 N–H and O–H groups in total. The number of hydrogen-bond donors (Lipinski definition) is 1. The van der Waals surface area contributed by atoms with E-state index < -0.39 is 0 Å². The standard InChI is InChI=1S/C18H30N2/c1-14(2)10-18-13-20(16(4)12-19-18)15(3)11-17-8-6-5-7-9-17/h5-9,14-16,18-19H,10-13H2,1-4H3. The van der Waals surface area contributed by atoms with E-state index in [0.29, 0.717) is 18.1 Å². The molecule has 0 aromatic heterocycles. The average molecular weight is 274 g/mol. The van der Waals surface area contributed by atoms with Gasteiger partial charge in [-0.2, -0.15) is 0 Å². The number of rotatable bonds is 5. The molecule has 0 radical (unpaired) electrons. The molecule has 2 heteroatoms. The van der Waals surface area contributed by atoms with Crippen molar-refractivity contribution in [2.75, 3.05) is 13.1 Å². The summed E-state index contributed by atoms with van der Waals surface area (Å²) < 4.78 is 0. The van der Waals surface area contributed by atoms with Crippen molar-refractivity contribution < 1.29 is 0 Å². The van der Waals surface area contributed by atoms with Crippen molar-refractivity contribution in [2.24, 2.45) is 5.92 Å². The summed E-state index contributed by atoms with van der Waals surface area (Å²) in [6, 6.07) is 12.8. The molecule has 2 nitrogen and oxygen atoms in total. The molecule has 3 unspecified atom stereocenters. The lowest BCUT2D eigenvalue weighted by atomic mass is 9.97. The minimum atomic E-state index is 0.615. The van der Waals surface area contributed by atoms with Crippen LogP contribution in [0, 0.1) is 5.92 Å². The van der Waals surface area contributed by atoms with Crippen LogP contribution in [-0.2, 0) is 6.42 Å². The summed E-state index contributed by atoms with van der Waals surface area (Å²) in [6.45, 7) is 11.7. The maximum atomic E-state index is 3.71. The Morgan fingerprint density at radius 1 is 1.20 bits per heavy atom. The van der Waals surface area contributed by atoms with E-state index in [4.69, 9.17) is 0 Å². The third kappa shape index (κ3) is 4.32. The van der Waals surface area contributed by atoms with Crippen LogP contribution in [0.5, 0.6) is 0 Å². The second-order valence-corrected chi connectivity index (χ2v) is 6.82. The number of benzene rings is 1. The van der Waals surface area contributed by atoms with E-state index in [0.717, 1.165) is 18.9 Å². The smallest absolute Gasteiger partial charge is 0.0198 e. The Morgan fingerprint density at radius 2 is 1.90 bits per heavy atom. The van der Waals surface area contributed by atoms with Crippen molar-refractivity contribution in [3.63, 3.8) is 0 Å². The van der Waals surface area contributed by atoms with Crippen LogP contribution in [-0.4, -0.2) is 36.1 Å². The maximum Gasteiger partial charge on any atom is 0.0198 e. The molecule has 1 aromatic carbocycles. The van der Waals surface area contributed by atoms with Gasteiger partial charge in [0.2, 0.25) is 0 Å². The van der Waals surface area contributed by atoms with Gasteiger partial charge in [-0.05, 0) is 38.2 Å². The van der Waals surface area contributed by atoms with Gasteiger partial charge in [-0.15, -0.1) is 0 Å². The molecule has 0 spiro atoms. The number of piperazine rings is 1. The lowest BCUT2D eigenvalue weighted by Crippen LogP contribution is -2.58. The van der Waals surface area contributed by atoms with Crippen molar-refractivity contribution in [1.29, 1.82) is 0 Å². The molecule has 1 saturated heterocycles. The van der Waals surface area contributed by atoms with E-state index >= 15 is 0 Å². The van der Waals surface area contributed by atoms with Crippen LogP contribution in [0.4, 0.5) is 0 Å². The van der Waals surface area contributed by atoms with Crippen molar-refractivity contribution in [1.82, 2.24) is 10.2 Å². The van der Waals surface area contributed by atoms with Crippen LogP contribution < -0.4 is 5.32 Å². The first-order valence-corrected chi connectivity index (χ1v) is 8.09. The van der Waals surface area contributed by atoms with Gasteiger partial charge >= 0.3 is 0 Å². The fourth-order valence-electron chi connectivity index (χ4n) is 3.37.